The summed E-state index contributed by atoms with van der Waals surface area (Å²) in [5.74, 6) is 0.0102. The molecule has 1 heterocycles. The average Bonchev–Trinajstić information content (AvgIpc) is 2.89. The number of thioether (sulfide) groups is 2. The van der Waals surface area contributed by atoms with Gasteiger partial charge in [-0.1, -0.05) is 24.0 Å². The molecule has 140 valence electrons. The van der Waals surface area contributed by atoms with Crippen LogP contribution in [0.5, 0.6) is 11.5 Å². The molecule has 1 amide bonds. The fourth-order valence-electron chi connectivity index (χ4n) is 2.39. The van der Waals surface area contributed by atoms with Crippen LogP contribution >= 0.6 is 35.7 Å². The first-order valence-corrected chi connectivity index (χ1v) is 10.2. The van der Waals surface area contributed by atoms with Gasteiger partial charge in [-0.2, -0.15) is 11.8 Å². The van der Waals surface area contributed by atoms with Crippen molar-refractivity contribution in [1.82, 2.24) is 4.90 Å². The van der Waals surface area contributed by atoms with Gasteiger partial charge in [0.2, 0.25) is 0 Å². The minimum atomic E-state index is -1.31. The zero-order valence-electron chi connectivity index (χ0n) is 14.5. The Morgan fingerprint density at radius 3 is 2.46 bits per heavy atom. The van der Waals surface area contributed by atoms with Crippen LogP contribution in [-0.4, -0.2) is 53.4 Å². The van der Waals surface area contributed by atoms with Crippen LogP contribution < -0.4 is 14.6 Å². The van der Waals surface area contributed by atoms with E-state index in [2.05, 4.69) is 0 Å². The summed E-state index contributed by atoms with van der Waals surface area (Å²) in [5.41, 5.74) is 0.691. The molecule has 0 N–H and O–H groups in total. The molecule has 1 fully saturated rings. The van der Waals surface area contributed by atoms with Crippen LogP contribution in [0.3, 0.4) is 0 Å². The number of nitrogens with zero attached hydrogens (tertiary/aromatic N) is 1. The monoisotopic (exact) mass is 412 g/mol. The third-order valence-electron chi connectivity index (χ3n) is 3.67. The molecule has 9 heteroatoms. The first kappa shape index (κ1) is 20.6. The van der Waals surface area contributed by atoms with E-state index in [1.165, 1.54) is 26.0 Å². The predicted octanol–water partition coefficient (Wildman–Crippen LogP) is 1.78. The molecule has 0 saturated carbocycles. The summed E-state index contributed by atoms with van der Waals surface area (Å²) in [6, 6.07) is 4.15. The summed E-state index contributed by atoms with van der Waals surface area (Å²) in [6.07, 6.45) is 3.79. The van der Waals surface area contributed by atoms with Gasteiger partial charge in [-0.05, 0) is 42.2 Å². The number of thiocarbonyl (C=S) groups is 1. The molecule has 26 heavy (non-hydrogen) atoms. The van der Waals surface area contributed by atoms with Crippen LogP contribution in [0.4, 0.5) is 0 Å². The SMILES string of the molecule is COc1cc(/C=C2\SC(=S)N([C@H](CCSC)C(=O)[O-])C2=O)cc(OC)c1. The van der Waals surface area contributed by atoms with Gasteiger partial charge in [-0.15, -0.1) is 0 Å². The largest absolute Gasteiger partial charge is 0.548 e. The molecule has 0 unspecified atom stereocenters. The lowest BCUT2D eigenvalue weighted by Crippen LogP contribution is -2.50. The van der Waals surface area contributed by atoms with Crippen LogP contribution in [0.25, 0.3) is 6.08 Å². The zero-order chi connectivity index (χ0) is 19.3. The van der Waals surface area contributed by atoms with E-state index in [1.54, 1.807) is 24.3 Å². The number of carbonyl (C=O) groups is 2. The van der Waals surface area contributed by atoms with Crippen LogP contribution in [-0.2, 0) is 9.59 Å². The van der Waals surface area contributed by atoms with E-state index < -0.39 is 17.9 Å². The van der Waals surface area contributed by atoms with Gasteiger partial charge in [0.1, 0.15) is 15.8 Å². The van der Waals surface area contributed by atoms with Gasteiger partial charge in [0.15, 0.2) is 0 Å². The number of ether oxygens (including phenoxy) is 2. The number of benzene rings is 1. The van der Waals surface area contributed by atoms with Gasteiger partial charge in [-0.25, -0.2) is 0 Å². The molecule has 6 nitrogen and oxygen atoms in total. The highest BCUT2D eigenvalue weighted by atomic mass is 32.2. The molecule has 0 radical (unpaired) electrons. The van der Waals surface area contributed by atoms with E-state index in [0.717, 1.165) is 16.7 Å². The lowest BCUT2D eigenvalue weighted by atomic mass is 10.1. The Kier molecular flexibility index (Phi) is 7.36. The normalized spacial score (nSPS) is 16.9. The topological polar surface area (TPSA) is 78.9 Å². The number of carboxylic acids is 1. The van der Waals surface area contributed by atoms with E-state index in [0.29, 0.717) is 27.7 Å². The Morgan fingerprint density at radius 1 is 1.35 bits per heavy atom. The second-order valence-corrected chi connectivity index (χ2v) is 7.98. The Labute approximate surface area is 165 Å². The lowest BCUT2D eigenvalue weighted by Gasteiger charge is -2.27. The fourth-order valence-corrected chi connectivity index (χ4v) is 4.21. The second-order valence-electron chi connectivity index (χ2n) is 5.31. The second kappa shape index (κ2) is 9.29. The summed E-state index contributed by atoms with van der Waals surface area (Å²) in [7, 11) is 3.07. The Bertz CT molecular complexity index is 728. The summed E-state index contributed by atoms with van der Waals surface area (Å²) in [5, 5.41) is 11.5. The van der Waals surface area contributed by atoms with Crippen molar-refractivity contribution in [2.24, 2.45) is 0 Å². The number of hydrogen-bond acceptors (Lipinski definition) is 8. The van der Waals surface area contributed by atoms with E-state index in [1.807, 2.05) is 6.26 Å². The summed E-state index contributed by atoms with van der Waals surface area (Å²) < 4.78 is 10.7. The van der Waals surface area contributed by atoms with Crippen molar-refractivity contribution in [3.63, 3.8) is 0 Å². The van der Waals surface area contributed by atoms with Crippen LogP contribution in [0.1, 0.15) is 12.0 Å². The number of carbonyl (C=O) groups excluding carboxylic acids is 2. The Balaban J connectivity index is 2.32. The van der Waals surface area contributed by atoms with Gasteiger partial charge in [-0.3, -0.25) is 9.69 Å². The molecule has 2 rings (SSSR count). The maximum atomic E-state index is 12.7. The number of methoxy groups -OCH3 is 2. The van der Waals surface area contributed by atoms with E-state index >= 15 is 0 Å². The molecule has 0 spiro atoms. The van der Waals surface area contributed by atoms with Crippen LogP contribution in [0.15, 0.2) is 23.1 Å². The Hall–Kier alpha value is -1.71. The van der Waals surface area contributed by atoms with Crippen molar-refractivity contribution in [2.45, 2.75) is 12.5 Å². The van der Waals surface area contributed by atoms with Gasteiger partial charge >= 0.3 is 0 Å². The Morgan fingerprint density at radius 2 is 1.96 bits per heavy atom. The van der Waals surface area contributed by atoms with Gasteiger partial charge in [0.25, 0.3) is 5.91 Å². The molecule has 1 aliphatic heterocycles. The number of aliphatic carboxylic acids is 1. The van der Waals surface area contributed by atoms with Crippen molar-refractivity contribution in [1.29, 1.82) is 0 Å². The van der Waals surface area contributed by atoms with Gasteiger partial charge in [0, 0.05) is 6.07 Å². The third kappa shape index (κ3) is 4.72. The first-order valence-electron chi connectivity index (χ1n) is 7.61. The van der Waals surface area contributed by atoms with Crippen LogP contribution in [0, 0.1) is 0 Å². The lowest BCUT2D eigenvalue weighted by molar-refractivity contribution is -0.310. The van der Waals surface area contributed by atoms with Gasteiger partial charge in [0.05, 0.1) is 31.1 Å². The quantitative estimate of drug-likeness (QED) is 0.472. The van der Waals surface area contributed by atoms with E-state index in [-0.39, 0.29) is 10.7 Å². The minimum absolute atomic E-state index is 0.214. The summed E-state index contributed by atoms with van der Waals surface area (Å²) >= 11 is 7.80. The number of rotatable bonds is 8. The van der Waals surface area contributed by atoms with Crippen molar-refractivity contribution in [3.8, 4) is 11.5 Å². The predicted molar refractivity (Wildman–Crippen MR) is 106 cm³/mol. The van der Waals surface area contributed by atoms with Gasteiger partial charge < -0.3 is 19.4 Å². The molecule has 0 aliphatic carbocycles. The van der Waals surface area contributed by atoms with E-state index in [9.17, 15) is 14.7 Å². The van der Waals surface area contributed by atoms with Crippen LogP contribution in [0.2, 0.25) is 0 Å². The number of amides is 1. The zero-order valence-corrected chi connectivity index (χ0v) is 17.0. The van der Waals surface area contributed by atoms with Crippen molar-refractivity contribution >= 4 is 58.0 Å². The molecule has 1 saturated heterocycles. The molecule has 1 aliphatic rings. The fraction of sp³-hybridized carbons (Fsp3) is 0.353. The van der Waals surface area contributed by atoms with Crippen molar-refractivity contribution in [2.75, 3.05) is 26.2 Å². The highest BCUT2D eigenvalue weighted by molar-refractivity contribution is 8.26. The summed E-state index contributed by atoms with van der Waals surface area (Å²) in [6.45, 7) is 0. The summed E-state index contributed by atoms with van der Waals surface area (Å²) in [4.78, 5) is 25.7. The highest BCUT2D eigenvalue weighted by Crippen LogP contribution is 2.35. The van der Waals surface area contributed by atoms with Crippen molar-refractivity contribution in [3.05, 3.63) is 28.7 Å². The number of hydrogen-bond donors (Lipinski definition) is 0. The molecule has 1 aromatic carbocycles. The maximum Gasteiger partial charge on any atom is 0.266 e. The molecular weight excluding hydrogens is 394 g/mol. The first-order chi connectivity index (χ1) is 12.4. The highest BCUT2D eigenvalue weighted by Gasteiger charge is 2.37. The third-order valence-corrected chi connectivity index (χ3v) is 5.65. The molecule has 0 aromatic heterocycles. The van der Waals surface area contributed by atoms with E-state index in [4.69, 9.17) is 21.7 Å². The standard InChI is InChI=1S/C17H19NO5S3/c1-22-11-6-10(7-12(9-11)23-2)8-14-15(19)18(17(24)26-14)13(16(20)21)4-5-25-3/h6-9,13H,4-5H2,1-3H3,(H,20,21)/p-1/b14-8-/t13-/m1/s1. The molecule has 0 bridgehead atoms. The molecule has 1 aromatic rings. The molecule has 1 atom stereocenters. The maximum absolute atomic E-state index is 12.7. The minimum Gasteiger partial charge on any atom is -0.548 e. The molecular formula is C17H18NO5S3-. The average molecular weight is 413 g/mol. The smallest absolute Gasteiger partial charge is 0.266 e. The van der Waals surface area contributed by atoms with Crippen molar-refractivity contribution < 1.29 is 24.2 Å². The number of carboxylic acid groups (broad SMARTS) is 1.